The third-order valence-corrected chi connectivity index (χ3v) is 4.37. The van der Waals surface area contributed by atoms with Crippen LogP contribution < -0.4 is 10.5 Å². The van der Waals surface area contributed by atoms with Crippen LogP contribution in [0.3, 0.4) is 0 Å². The fraction of sp³-hybridized carbons (Fsp3) is 0.455. The summed E-state index contributed by atoms with van der Waals surface area (Å²) < 4.78 is 40.1. The molecule has 0 aliphatic carbocycles. The molecule has 0 bridgehead atoms. The molecule has 0 fully saturated rings. The van der Waals surface area contributed by atoms with Gasteiger partial charge in [0.1, 0.15) is 4.90 Å². The van der Waals surface area contributed by atoms with Crippen molar-refractivity contribution in [2.24, 2.45) is 11.7 Å². The highest BCUT2D eigenvalue weighted by atomic mass is 35.5. The summed E-state index contributed by atoms with van der Waals surface area (Å²) in [6.07, 6.45) is 0. The Morgan fingerprint density at radius 1 is 1.44 bits per heavy atom. The second-order valence-electron chi connectivity index (χ2n) is 4.26. The fourth-order valence-electron chi connectivity index (χ4n) is 1.41. The topological polar surface area (TPSA) is 72.2 Å². The lowest BCUT2D eigenvalue weighted by molar-refractivity contribution is 0.452. The maximum Gasteiger partial charge on any atom is 0.243 e. The summed E-state index contributed by atoms with van der Waals surface area (Å²) in [4.78, 5) is -0.464. The predicted molar refractivity (Wildman–Crippen MR) is 69.4 cm³/mol. The molecule has 1 unspecified atom stereocenters. The first-order chi connectivity index (χ1) is 8.29. The molecule has 1 atom stereocenters. The van der Waals surface area contributed by atoms with E-state index in [1.807, 2.05) is 13.8 Å². The van der Waals surface area contributed by atoms with Gasteiger partial charge in [-0.1, -0.05) is 31.5 Å². The lowest BCUT2D eigenvalue weighted by Crippen LogP contribution is -2.43. The highest BCUT2D eigenvalue weighted by molar-refractivity contribution is 7.89. The van der Waals surface area contributed by atoms with Crippen LogP contribution in [0.5, 0.6) is 0 Å². The molecule has 1 aromatic carbocycles. The van der Waals surface area contributed by atoms with E-state index >= 15 is 0 Å². The van der Waals surface area contributed by atoms with Crippen molar-refractivity contribution in [1.29, 1.82) is 0 Å². The number of nitrogens with one attached hydrogen (secondary N) is 1. The van der Waals surface area contributed by atoms with Crippen LogP contribution in [0.2, 0.25) is 5.02 Å². The minimum atomic E-state index is -3.96. The number of sulfonamides is 1. The summed E-state index contributed by atoms with van der Waals surface area (Å²) in [6, 6.07) is 3.39. The average molecular weight is 295 g/mol. The Hall–Kier alpha value is -0.690. The molecule has 18 heavy (non-hydrogen) atoms. The maximum absolute atomic E-state index is 13.7. The normalized spacial score (nSPS) is 13.9. The average Bonchev–Trinajstić information content (AvgIpc) is 2.29. The third-order valence-electron chi connectivity index (χ3n) is 2.57. The Bertz CT molecular complexity index is 520. The zero-order valence-electron chi connectivity index (χ0n) is 10.2. The predicted octanol–water partition coefficient (Wildman–Crippen LogP) is 1.74. The quantitative estimate of drug-likeness (QED) is 0.869. The summed E-state index contributed by atoms with van der Waals surface area (Å²) in [5.74, 6) is -0.946. The Kier molecular flexibility index (Phi) is 5.10. The van der Waals surface area contributed by atoms with Gasteiger partial charge in [-0.05, 0) is 18.1 Å². The molecule has 0 aliphatic heterocycles. The molecule has 0 spiro atoms. The van der Waals surface area contributed by atoms with E-state index in [0.717, 1.165) is 6.07 Å². The molecule has 0 aliphatic rings. The van der Waals surface area contributed by atoms with Gasteiger partial charge in [0, 0.05) is 12.6 Å². The van der Waals surface area contributed by atoms with Gasteiger partial charge in [0.25, 0.3) is 0 Å². The summed E-state index contributed by atoms with van der Waals surface area (Å²) in [6.45, 7) is 3.79. The van der Waals surface area contributed by atoms with E-state index in [9.17, 15) is 12.8 Å². The molecular formula is C11H16ClFN2O2S. The molecule has 1 rings (SSSR count). The van der Waals surface area contributed by atoms with E-state index < -0.39 is 26.8 Å². The van der Waals surface area contributed by atoms with Gasteiger partial charge >= 0.3 is 0 Å². The van der Waals surface area contributed by atoms with Crippen LogP contribution in [0.25, 0.3) is 0 Å². The van der Waals surface area contributed by atoms with Crippen molar-refractivity contribution in [3.63, 3.8) is 0 Å². The van der Waals surface area contributed by atoms with Gasteiger partial charge in [0.05, 0.1) is 5.02 Å². The van der Waals surface area contributed by atoms with Crippen molar-refractivity contribution in [2.75, 3.05) is 6.54 Å². The number of rotatable bonds is 5. The highest BCUT2D eigenvalue weighted by Crippen LogP contribution is 2.22. The van der Waals surface area contributed by atoms with Crippen LogP contribution in [0.1, 0.15) is 13.8 Å². The van der Waals surface area contributed by atoms with Gasteiger partial charge in [0.15, 0.2) is 5.82 Å². The summed E-state index contributed by atoms with van der Waals surface area (Å²) in [5, 5.41) is -0.230. The molecule has 0 heterocycles. The number of nitrogens with two attached hydrogens (primary N) is 1. The van der Waals surface area contributed by atoms with Crippen LogP contribution in [-0.4, -0.2) is 21.0 Å². The van der Waals surface area contributed by atoms with Crippen molar-refractivity contribution in [3.8, 4) is 0 Å². The lowest BCUT2D eigenvalue weighted by atomic mass is 10.1. The molecule has 1 aromatic rings. The van der Waals surface area contributed by atoms with Gasteiger partial charge in [-0.25, -0.2) is 17.5 Å². The lowest BCUT2D eigenvalue weighted by Gasteiger charge is -2.20. The molecule has 3 N–H and O–H groups in total. The van der Waals surface area contributed by atoms with Gasteiger partial charge in [-0.15, -0.1) is 0 Å². The molecule has 7 heteroatoms. The van der Waals surface area contributed by atoms with E-state index in [0.29, 0.717) is 0 Å². The van der Waals surface area contributed by atoms with Crippen molar-refractivity contribution >= 4 is 21.6 Å². The minimum Gasteiger partial charge on any atom is -0.329 e. The van der Waals surface area contributed by atoms with E-state index in [2.05, 4.69) is 4.72 Å². The Balaban J connectivity index is 3.11. The van der Waals surface area contributed by atoms with Gasteiger partial charge in [-0.3, -0.25) is 0 Å². The monoisotopic (exact) mass is 294 g/mol. The van der Waals surface area contributed by atoms with Crippen LogP contribution >= 0.6 is 11.6 Å². The first-order valence-corrected chi connectivity index (χ1v) is 7.32. The summed E-state index contributed by atoms with van der Waals surface area (Å²) in [5.41, 5.74) is 5.48. The zero-order chi connectivity index (χ0) is 13.9. The highest BCUT2D eigenvalue weighted by Gasteiger charge is 2.25. The number of halogens is 2. The zero-order valence-corrected chi connectivity index (χ0v) is 11.7. The summed E-state index contributed by atoms with van der Waals surface area (Å²) in [7, 11) is -3.96. The van der Waals surface area contributed by atoms with Crippen LogP contribution in [0, 0.1) is 11.7 Å². The van der Waals surface area contributed by atoms with Crippen molar-refractivity contribution < 1.29 is 12.8 Å². The maximum atomic E-state index is 13.7. The molecule has 0 amide bonds. The van der Waals surface area contributed by atoms with E-state index in [4.69, 9.17) is 17.3 Å². The number of hydrogen-bond acceptors (Lipinski definition) is 3. The Morgan fingerprint density at radius 3 is 2.56 bits per heavy atom. The second-order valence-corrected chi connectivity index (χ2v) is 6.35. The van der Waals surface area contributed by atoms with Crippen LogP contribution in [0.15, 0.2) is 23.1 Å². The molecule has 0 saturated carbocycles. The number of benzene rings is 1. The van der Waals surface area contributed by atoms with E-state index in [-0.39, 0.29) is 17.5 Å². The molecule has 0 saturated heterocycles. The third kappa shape index (κ3) is 3.41. The van der Waals surface area contributed by atoms with Gasteiger partial charge in [0.2, 0.25) is 10.0 Å². The SMILES string of the molecule is CC(C)C(CN)NS(=O)(=O)c1cccc(Cl)c1F. The standard InChI is InChI=1S/C11H16ClFN2O2S/c1-7(2)9(6-14)15-18(16,17)10-5-3-4-8(12)11(10)13/h3-5,7,9,15H,6,14H2,1-2H3. The van der Waals surface area contributed by atoms with E-state index in [1.165, 1.54) is 12.1 Å². The first-order valence-electron chi connectivity index (χ1n) is 5.46. The second kappa shape index (κ2) is 5.97. The Labute approximate surface area is 111 Å². The van der Waals surface area contributed by atoms with Gasteiger partial charge in [-0.2, -0.15) is 0 Å². The van der Waals surface area contributed by atoms with Crippen molar-refractivity contribution in [1.82, 2.24) is 4.72 Å². The molecular weight excluding hydrogens is 279 g/mol. The molecule has 0 aromatic heterocycles. The Morgan fingerprint density at radius 2 is 2.06 bits per heavy atom. The number of hydrogen-bond donors (Lipinski definition) is 2. The van der Waals surface area contributed by atoms with Crippen LogP contribution in [0.4, 0.5) is 4.39 Å². The van der Waals surface area contributed by atoms with Crippen molar-refractivity contribution in [2.45, 2.75) is 24.8 Å². The van der Waals surface area contributed by atoms with Gasteiger partial charge < -0.3 is 5.73 Å². The first kappa shape index (κ1) is 15.4. The van der Waals surface area contributed by atoms with Crippen molar-refractivity contribution in [3.05, 3.63) is 29.0 Å². The van der Waals surface area contributed by atoms with E-state index in [1.54, 1.807) is 0 Å². The molecule has 0 radical (unpaired) electrons. The minimum absolute atomic E-state index is 0.00650. The molecule has 102 valence electrons. The smallest absolute Gasteiger partial charge is 0.243 e. The van der Waals surface area contributed by atoms with Crippen LogP contribution in [-0.2, 0) is 10.0 Å². The summed E-state index contributed by atoms with van der Waals surface area (Å²) >= 11 is 5.56. The fourth-order valence-corrected chi connectivity index (χ4v) is 3.14. The molecule has 4 nitrogen and oxygen atoms in total. The largest absolute Gasteiger partial charge is 0.329 e.